The highest BCUT2D eigenvalue weighted by Crippen LogP contribution is 2.34. The van der Waals surface area contributed by atoms with E-state index in [4.69, 9.17) is 0 Å². The summed E-state index contributed by atoms with van der Waals surface area (Å²) < 4.78 is 64.2. The van der Waals surface area contributed by atoms with E-state index < -0.39 is 23.7 Å². The third-order valence-electron chi connectivity index (χ3n) is 2.97. The van der Waals surface area contributed by atoms with E-state index in [2.05, 4.69) is 5.32 Å². The molecule has 0 aliphatic rings. The van der Waals surface area contributed by atoms with Crippen molar-refractivity contribution in [1.82, 2.24) is 5.32 Å². The van der Waals surface area contributed by atoms with Gasteiger partial charge in [-0.15, -0.1) is 0 Å². The van der Waals surface area contributed by atoms with Crippen LogP contribution in [-0.4, -0.2) is 13.0 Å². The third-order valence-corrected chi connectivity index (χ3v) is 2.97. The molecule has 6 heteroatoms. The lowest BCUT2D eigenvalue weighted by atomic mass is 9.91. The van der Waals surface area contributed by atoms with Gasteiger partial charge in [0.25, 0.3) is 6.43 Å². The molecule has 0 bridgehead atoms. The van der Waals surface area contributed by atoms with E-state index in [0.717, 1.165) is 18.2 Å². The summed E-state index contributed by atoms with van der Waals surface area (Å²) in [5.74, 6) is 0. The zero-order chi connectivity index (χ0) is 14.7. The molecule has 0 aliphatic carbocycles. The van der Waals surface area contributed by atoms with Gasteiger partial charge in [0.1, 0.15) is 5.54 Å². The Bertz CT molecular complexity index is 416. The summed E-state index contributed by atoms with van der Waals surface area (Å²) in [6, 6.07) is 4.07. The first-order valence-electron chi connectivity index (χ1n) is 5.92. The van der Waals surface area contributed by atoms with Crippen LogP contribution in [0.3, 0.4) is 0 Å². The minimum Gasteiger partial charge on any atom is -0.303 e. The lowest BCUT2D eigenvalue weighted by molar-refractivity contribution is -0.137. The van der Waals surface area contributed by atoms with Crippen molar-refractivity contribution in [1.29, 1.82) is 0 Å². The van der Waals surface area contributed by atoms with Gasteiger partial charge in [0.05, 0.1) is 5.56 Å². The minimum atomic E-state index is -4.54. The average Bonchev–Trinajstić information content (AvgIpc) is 2.34. The Morgan fingerprint density at radius 2 is 1.74 bits per heavy atom. The quantitative estimate of drug-likeness (QED) is 0.798. The second-order valence-electron chi connectivity index (χ2n) is 4.51. The summed E-state index contributed by atoms with van der Waals surface area (Å²) >= 11 is 0. The molecule has 0 aliphatic heterocycles. The maximum atomic E-state index is 13.2. The van der Waals surface area contributed by atoms with Crippen LogP contribution in [0.4, 0.5) is 22.0 Å². The van der Waals surface area contributed by atoms with Crippen molar-refractivity contribution >= 4 is 0 Å². The van der Waals surface area contributed by atoms with Gasteiger partial charge in [-0.1, -0.05) is 19.1 Å². The topological polar surface area (TPSA) is 12.0 Å². The summed E-state index contributed by atoms with van der Waals surface area (Å²) in [4.78, 5) is 0. The zero-order valence-electron chi connectivity index (χ0n) is 10.7. The lowest BCUT2D eigenvalue weighted by Gasteiger charge is -2.31. The molecule has 1 aromatic carbocycles. The first-order chi connectivity index (χ1) is 8.71. The summed E-state index contributed by atoms with van der Waals surface area (Å²) in [7, 11) is 0. The molecule has 19 heavy (non-hydrogen) atoms. The Kier molecular flexibility index (Phi) is 4.90. The van der Waals surface area contributed by atoms with Crippen LogP contribution in [0.2, 0.25) is 0 Å². The van der Waals surface area contributed by atoms with E-state index >= 15 is 0 Å². The van der Waals surface area contributed by atoms with E-state index in [1.54, 1.807) is 6.92 Å². The van der Waals surface area contributed by atoms with Gasteiger partial charge in [0, 0.05) is 0 Å². The summed E-state index contributed by atoms with van der Waals surface area (Å²) in [5, 5.41) is 2.62. The number of hydrogen-bond donors (Lipinski definition) is 1. The number of alkyl halides is 5. The van der Waals surface area contributed by atoms with Gasteiger partial charge in [0.2, 0.25) is 0 Å². The van der Waals surface area contributed by atoms with Gasteiger partial charge < -0.3 is 5.32 Å². The van der Waals surface area contributed by atoms with Gasteiger partial charge in [0.15, 0.2) is 0 Å². The van der Waals surface area contributed by atoms with Crippen LogP contribution in [-0.2, 0) is 11.7 Å². The fourth-order valence-electron chi connectivity index (χ4n) is 1.71. The molecule has 0 radical (unpaired) electrons. The van der Waals surface area contributed by atoms with Gasteiger partial charge >= 0.3 is 6.18 Å². The fourth-order valence-corrected chi connectivity index (χ4v) is 1.71. The van der Waals surface area contributed by atoms with Crippen molar-refractivity contribution in [3.8, 4) is 0 Å². The number of halogens is 5. The van der Waals surface area contributed by atoms with Crippen molar-refractivity contribution in [2.75, 3.05) is 6.54 Å². The van der Waals surface area contributed by atoms with E-state index in [-0.39, 0.29) is 5.56 Å². The van der Waals surface area contributed by atoms with Gasteiger partial charge in [-0.3, -0.25) is 0 Å². The van der Waals surface area contributed by atoms with E-state index in [1.807, 2.05) is 0 Å². The maximum Gasteiger partial charge on any atom is 0.416 e. The second kappa shape index (κ2) is 5.86. The number of hydrogen-bond acceptors (Lipinski definition) is 1. The van der Waals surface area contributed by atoms with Crippen LogP contribution in [0.25, 0.3) is 0 Å². The van der Waals surface area contributed by atoms with Crippen LogP contribution in [0.5, 0.6) is 0 Å². The van der Waals surface area contributed by atoms with Crippen LogP contribution in [0.15, 0.2) is 24.3 Å². The standard InChI is InChI=1S/C13H16F5N/c1-3-7-19-12(2,11(14)15)9-5-4-6-10(8-9)13(16,17)18/h4-6,8,11,19H,3,7H2,1-2H3. The van der Waals surface area contributed by atoms with Crippen molar-refractivity contribution in [3.05, 3.63) is 35.4 Å². The third kappa shape index (κ3) is 3.65. The van der Waals surface area contributed by atoms with Crippen molar-refractivity contribution < 1.29 is 22.0 Å². The largest absolute Gasteiger partial charge is 0.416 e. The second-order valence-corrected chi connectivity index (χ2v) is 4.51. The van der Waals surface area contributed by atoms with Crippen molar-refractivity contribution in [2.45, 2.75) is 38.4 Å². The normalized spacial score (nSPS) is 15.6. The monoisotopic (exact) mass is 281 g/mol. The molecule has 0 saturated heterocycles. The van der Waals surface area contributed by atoms with Crippen molar-refractivity contribution in [2.24, 2.45) is 0 Å². The Labute approximate surface area is 108 Å². The Morgan fingerprint density at radius 1 is 1.16 bits per heavy atom. The summed E-state index contributed by atoms with van der Waals surface area (Å²) in [6.45, 7) is 3.31. The first kappa shape index (κ1) is 15.9. The molecular formula is C13H16F5N. The smallest absolute Gasteiger partial charge is 0.303 e. The highest BCUT2D eigenvalue weighted by atomic mass is 19.4. The summed E-state index contributed by atoms with van der Waals surface area (Å²) in [6.07, 6.45) is -6.73. The predicted octanol–water partition coefficient (Wildman–Crippen LogP) is 4.19. The van der Waals surface area contributed by atoms with Crippen LogP contribution in [0.1, 0.15) is 31.4 Å². The molecule has 0 heterocycles. The molecular weight excluding hydrogens is 265 g/mol. The first-order valence-corrected chi connectivity index (χ1v) is 5.92. The molecule has 1 unspecified atom stereocenters. The highest BCUT2D eigenvalue weighted by molar-refractivity contribution is 5.31. The molecule has 1 rings (SSSR count). The average molecular weight is 281 g/mol. The molecule has 1 atom stereocenters. The SMILES string of the molecule is CCCNC(C)(c1cccc(C(F)(F)F)c1)C(F)F. The van der Waals surface area contributed by atoms with E-state index in [9.17, 15) is 22.0 Å². The molecule has 0 saturated carbocycles. The van der Waals surface area contributed by atoms with Crippen molar-refractivity contribution in [3.63, 3.8) is 0 Å². The molecule has 108 valence electrons. The molecule has 0 spiro atoms. The minimum absolute atomic E-state index is 0.0641. The molecule has 0 aromatic heterocycles. The van der Waals surface area contributed by atoms with Gasteiger partial charge in [-0.05, 0) is 37.6 Å². The Balaban J connectivity index is 3.17. The maximum absolute atomic E-state index is 13.2. The van der Waals surface area contributed by atoms with Gasteiger partial charge in [-0.2, -0.15) is 13.2 Å². The van der Waals surface area contributed by atoms with E-state index in [1.165, 1.54) is 13.0 Å². The number of rotatable bonds is 5. The van der Waals surface area contributed by atoms with Crippen LogP contribution < -0.4 is 5.32 Å². The zero-order valence-corrected chi connectivity index (χ0v) is 10.7. The Morgan fingerprint density at radius 3 is 2.21 bits per heavy atom. The highest BCUT2D eigenvalue weighted by Gasteiger charge is 2.38. The molecule has 1 aromatic rings. The molecule has 0 amide bonds. The predicted molar refractivity (Wildman–Crippen MR) is 63.1 cm³/mol. The fraction of sp³-hybridized carbons (Fsp3) is 0.538. The molecule has 1 nitrogen and oxygen atoms in total. The molecule has 1 N–H and O–H groups in total. The van der Waals surface area contributed by atoms with Crippen LogP contribution >= 0.6 is 0 Å². The van der Waals surface area contributed by atoms with Gasteiger partial charge in [-0.25, -0.2) is 8.78 Å². The summed E-state index contributed by atoms with van der Waals surface area (Å²) in [5.41, 5.74) is -2.77. The Hall–Kier alpha value is -1.17. The molecule has 0 fully saturated rings. The number of benzene rings is 1. The van der Waals surface area contributed by atoms with Crippen LogP contribution in [0, 0.1) is 0 Å². The number of nitrogens with one attached hydrogen (secondary N) is 1. The van der Waals surface area contributed by atoms with E-state index in [0.29, 0.717) is 13.0 Å². The lowest BCUT2D eigenvalue weighted by Crippen LogP contribution is -2.46.